The predicted molar refractivity (Wildman–Crippen MR) is 38.7 cm³/mol. The van der Waals surface area contributed by atoms with Crippen LogP contribution in [-0.4, -0.2) is 5.54 Å². The Labute approximate surface area is 56.3 Å². The van der Waals surface area contributed by atoms with Crippen molar-refractivity contribution in [2.45, 2.75) is 32.2 Å². The lowest BCUT2D eigenvalue weighted by Crippen LogP contribution is -2.51. The van der Waals surface area contributed by atoms with Crippen LogP contribution in [0.3, 0.4) is 0 Å². The lowest BCUT2D eigenvalue weighted by molar-refractivity contribution is 0.288. The van der Waals surface area contributed by atoms with E-state index in [1.54, 1.807) is 0 Å². The van der Waals surface area contributed by atoms with Gasteiger partial charge in [-0.1, -0.05) is 6.58 Å². The van der Waals surface area contributed by atoms with Crippen LogP contribution in [-0.2, 0) is 0 Å². The predicted octanol–water partition coefficient (Wildman–Crippen LogP) is 1.17. The minimum absolute atomic E-state index is 0.237. The van der Waals surface area contributed by atoms with Crippen molar-refractivity contribution in [3.05, 3.63) is 12.3 Å². The van der Waals surface area contributed by atoms with Crippen molar-refractivity contribution < 1.29 is 0 Å². The van der Waals surface area contributed by atoms with Crippen LogP contribution in [0.15, 0.2) is 12.3 Å². The first-order valence-electron chi connectivity index (χ1n) is 3.31. The topological polar surface area (TPSA) is 24.1 Å². The second-order valence-corrected chi connectivity index (χ2v) is 3.24. The Balaban J connectivity index is 2.44. The second-order valence-electron chi connectivity index (χ2n) is 3.24. The molecule has 2 N–H and O–H groups in total. The van der Waals surface area contributed by atoms with Gasteiger partial charge >= 0.3 is 0 Å². The highest BCUT2D eigenvalue weighted by Gasteiger charge is 2.20. The minimum Gasteiger partial charge on any atom is -0.326 e. The summed E-state index contributed by atoms with van der Waals surface area (Å²) in [5.74, 6) is 0. The van der Waals surface area contributed by atoms with Gasteiger partial charge in [0.05, 0.1) is 0 Å². The second kappa shape index (κ2) is 2.03. The van der Waals surface area contributed by atoms with E-state index in [-0.39, 0.29) is 5.54 Å². The van der Waals surface area contributed by atoms with E-state index in [1.807, 2.05) is 0 Å². The Morgan fingerprint density at radius 1 is 1.56 bits per heavy atom. The molecule has 2 heteroatoms. The zero-order chi connectivity index (χ0) is 6.91. The maximum absolute atomic E-state index is 3.81. The number of hydrazine groups is 1. The Kier molecular flexibility index (Phi) is 1.49. The summed E-state index contributed by atoms with van der Waals surface area (Å²) in [5.41, 5.74) is 7.52. The van der Waals surface area contributed by atoms with Gasteiger partial charge in [-0.3, -0.25) is 0 Å². The van der Waals surface area contributed by atoms with Crippen LogP contribution in [0.2, 0.25) is 0 Å². The molecule has 0 aliphatic carbocycles. The molecule has 1 fully saturated rings. The summed E-state index contributed by atoms with van der Waals surface area (Å²) in [6, 6.07) is 0. The van der Waals surface area contributed by atoms with Crippen molar-refractivity contribution in [2.75, 3.05) is 0 Å². The molecule has 0 saturated carbocycles. The smallest absolute Gasteiger partial charge is 0.0318 e. The normalized spacial score (nSPS) is 25.3. The fourth-order valence-electron chi connectivity index (χ4n) is 0.846. The fraction of sp³-hybridized carbons (Fsp3) is 0.714. The van der Waals surface area contributed by atoms with Crippen molar-refractivity contribution in [2.24, 2.45) is 0 Å². The highest BCUT2D eigenvalue weighted by Crippen LogP contribution is 2.16. The van der Waals surface area contributed by atoms with Gasteiger partial charge in [0.2, 0.25) is 0 Å². The molecule has 1 saturated heterocycles. The summed E-state index contributed by atoms with van der Waals surface area (Å²) < 4.78 is 0. The van der Waals surface area contributed by atoms with Gasteiger partial charge in [-0.15, -0.1) is 0 Å². The third-order valence-corrected chi connectivity index (χ3v) is 1.63. The molecule has 0 atom stereocenters. The largest absolute Gasteiger partial charge is 0.326 e. The quantitative estimate of drug-likeness (QED) is 0.509. The number of rotatable bonds is 0. The van der Waals surface area contributed by atoms with Gasteiger partial charge in [0.25, 0.3) is 0 Å². The first-order valence-corrected chi connectivity index (χ1v) is 3.31. The monoisotopic (exact) mass is 126 g/mol. The Hall–Kier alpha value is -0.500. The van der Waals surface area contributed by atoms with E-state index < -0.39 is 0 Å². The molecule has 0 amide bonds. The van der Waals surface area contributed by atoms with Crippen LogP contribution in [0.4, 0.5) is 0 Å². The third kappa shape index (κ3) is 1.72. The first-order chi connectivity index (χ1) is 4.10. The summed E-state index contributed by atoms with van der Waals surface area (Å²) in [6.45, 7) is 8.15. The van der Waals surface area contributed by atoms with Crippen LogP contribution < -0.4 is 10.9 Å². The number of hydrogen-bond acceptors (Lipinski definition) is 2. The molecule has 1 rings (SSSR count). The van der Waals surface area contributed by atoms with E-state index in [0.29, 0.717) is 0 Å². The molecule has 0 aromatic rings. The molecule has 0 aromatic carbocycles. The van der Waals surface area contributed by atoms with E-state index >= 15 is 0 Å². The van der Waals surface area contributed by atoms with Crippen molar-refractivity contribution in [3.8, 4) is 0 Å². The third-order valence-electron chi connectivity index (χ3n) is 1.63. The van der Waals surface area contributed by atoms with Crippen molar-refractivity contribution in [3.63, 3.8) is 0 Å². The van der Waals surface area contributed by atoms with E-state index in [0.717, 1.165) is 12.1 Å². The van der Waals surface area contributed by atoms with Gasteiger partial charge in [0.15, 0.2) is 0 Å². The Morgan fingerprint density at radius 3 is 2.56 bits per heavy atom. The molecule has 9 heavy (non-hydrogen) atoms. The lowest BCUT2D eigenvalue weighted by atomic mass is 9.97. The molecule has 1 aliphatic rings. The van der Waals surface area contributed by atoms with E-state index in [4.69, 9.17) is 0 Å². The van der Waals surface area contributed by atoms with Gasteiger partial charge in [0, 0.05) is 11.2 Å². The highest BCUT2D eigenvalue weighted by atomic mass is 15.4. The van der Waals surface area contributed by atoms with E-state index in [1.165, 1.54) is 6.42 Å². The Morgan fingerprint density at radius 2 is 2.22 bits per heavy atom. The Bertz CT molecular complexity index is 115. The van der Waals surface area contributed by atoms with Crippen LogP contribution in [0.5, 0.6) is 0 Å². The lowest BCUT2D eigenvalue weighted by Gasteiger charge is -2.32. The molecule has 0 unspecified atom stereocenters. The molecule has 1 heterocycles. The van der Waals surface area contributed by atoms with Crippen LogP contribution >= 0.6 is 0 Å². The van der Waals surface area contributed by atoms with Gasteiger partial charge in [-0.05, 0) is 26.7 Å². The average Bonchev–Trinajstić information content (AvgIpc) is 1.78. The standard InChI is InChI=1S/C7H14N2/c1-6-4-5-7(2,3)9-8-6/h8-9H,1,4-5H2,2-3H3. The minimum atomic E-state index is 0.237. The van der Waals surface area contributed by atoms with Crippen LogP contribution in [0.25, 0.3) is 0 Å². The van der Waals surface area contributed by atoms with Gasteiger partial charge in [0.1, 0.15) is 0 Å². The SMILES string of the molecule is C=C1CCC(C)(C)NN1. The van der Waals surface area contributed by atoms with Crippen molar-refractivity contribution in [1.82, 2.24) is 10.9 Å². The summed E-state index contributed by atoms with van der Waals surface area (Å²) in [4.78, 5) is 0. The van der Waals surface area contributed by atoms with Gasteiger partial charge in [-0.25, -0.2) is 5.43 Å². The molecular weight excluding hydrogens is 112 g/mol. The summed E-state index contributed by atoms with van der Waals surface area (Å²) in [5, 5.41) is 0. The summed E-state index contributed by atoms with van der Waals surface area (Å²) in [7, 11) is 0. The maximum atomic E-state index is 3.81. The summed E-state index contributed by atoms with van der Waals surface area (Å²) in [6.07, 6.45) is 2.25. The zero-order valence-electron chi connectivity index (χ0n) is 6.12. The number of allylic oxidation sites excluding steroid dienone is 1. The van der Waals surface area contributed by atoms with Crippen LogP contribution in [0, 0.1) is 0 Å². The molecule has 0 aromatic heterocycles. The fourth-order valence-corrected chi connectivity index (χ4v) is 0.846. The highest BCUT2D eigenvalue weighted by molar-refractivity contribution is 4.98. The molecule has 0 radical (unpaired) electrons. The summed E-state index contributed by atoms with van der Waals surface area (Å²) >= 11 is 0. The molecule has 2 nitrogen and oxygen atoms in total. The molecular formula is C7H14N2. The first kappa shape index (κ1) is 6.62. The van der Waals surface area contributed by atoms with E-state index in [9.17, 15) is 0 Å². The molecule has 0 spiro atoms. The zero-order valence-corrected chi connectivity index (χ0v) is 6.12. The molecule has 1 aliphatic heterocycles. The van der Waals surface area contributed by atoms with Crippen molar-refractivity contribution in [1.29, 1.82) is 0 Å². The van der Waals surface area contributed by atoms with Gasteiger partial charge < -0.3 is 5.43 Å². The molecule has 52 valence electrons. The number of hydrogen-bond donors (Lipinski definition) is 2. The average molecular weight is 126 g/mol. The maximum Gasteiger partial charge on any atom is 0.0318 e. The van der Waals surface area contributed by atoms with Crippen LogP contribution in [0.1, 0.15) is 26.7 Å². The van der Waals surface area contributed by atoms with E-state index in [2.05, 4.69) is 31.3 Å². The number of nitrogens with one attached hydrogen (secondary N) is 2. The van der Waals surface area contributed by atoms with Gasteiger partial charge in [-0.2, -0.15) is 0 Å². The molecule has 0 bridgehead atoms. The van der Waals surface area contributed by atoms with Crippen molar-refractivity contribution >= 4 is 0 Å².